The Balaban J connectivity index is 0.000000195. The summed E-state index contributed by atoms with van der Waals surface area (Å²) >= 11 is 0. The van der Waals surface area contributed by atoms with Crippen LogP contribution in [0.5, 0.6) is 17.2 Å². The molecule has 5 amide bonds. The van der Waals surface area contributed by atoms with E-state index < -0.39 is 5.97 Å². The third-order valence-electron chi connectivity index (χ3n) is 26.0. The predicted octanol–water partition coefficient (Wildman–Crippen LogP) is 11.4. The number of ether oxygens (including phenoxy) is 7. The second-order valence-corrected chi connectivity index (χ2v) is 36.2. The number of hydrogen-bond donors (Lipinski definition) is 7. The number of carboxylic acids is 1. The van der Waals surface area contributed by atoms with E-state index in [0.717, 1.165) is 240 Å². The molecule has 25 nitrogen and oxygen atoms in total. The van der Waals surface area contributed by atoms with Crippen LogP contribution in [0.25, 0.3) is 0 Å². The van der Waals surface area contributed by atoms with E-state index in [4.69, 9.17) is 38.3 Å². The maximum absolute atomic E-state index is 13.8. The molecule has 25 heteroatoms. The van der Waals surface area contributed by atoms with Crippen LogP contribution in [0.4, 0.5) is 0 Å². The third-order valence-corrected chi connectivity index (χ3v) is 26.0. The molecule has 0 bridgehead atoms. The Labute approximate surface area is 718 Å². The van der Waals surface area contributed by atoms with Gasteiger partial charge in [0.2, 0.25) is 11.8 Å². The van der Waals surface area contributed by atoms with Crippen molar-refractivity contribution in [3.05, 3.63) is 88.0 Å². The number of aliphatic carboxylic acids is 1. The molecule has 12 rings (SSSR count). The Kier molecular flexibility index (Phi) is 40.9. The van der Waals surface area contributed by atoms with E-state index in [0.29, 0.717) is 112 Å². The fourth-order valence-corrected chi connectivity index (χ4v) is 17.8. The molecule has 9 aliphatic rings. The molecular formula is C95H153N9O16. The molecule has 4 aliphatic heterocycles. The van der Waals surface area contributed by atoms with Crippen molar-refractivity contribution in [2.45, 2.75) is 252 Å². The molecule has 0 spiro atoms. The normalized spacial score (nSPS) is 24.0. The van der Waals surface area contributed by atoms with Gasteiger partial charge in [-0.2, -0.15) is 0 Å². The number of aliphatic hydroxyl groups excluding tert-OH is 2. The number of methoxy groups -OCH3 is 3. The highest BCUT2D eigenvalue weighted by Crippen LogP contribution is 2.38. The molecule has 3 aromatic carbocycles. The zero-order valence-electron chi connectivity index (χ0n) is 75.1. The van der Waals surface area contributed by atoms with E-state index in [9.17, 15) is 39.0 Å². The zero-order chi connectivity index (χ0) is 86.2. The van der Waals surface area contributed by atoms with Crippen LogP contribution in [0.15, 0.2) is 54.6 Å². The van der Waals surface area contributed by atoms with Crippen molar-refractivity contribution in [2.24, 2.45) is 53.3 Å². The van der Waals surface area contributed by atoms with Gasteiger partial charge in [-0.05, 0) is 265 Å². The zero-order valence-corrected chi connectivity index (χ0v) is 75.1. The van der Waals surface area contributed by atoms with E-state index >= 15 is 0 Å². The first-order valence-corrected chi connectivity index (χ1v) is 46.3. The minimum Gasteiger partial charge on any atom is -0.493 e. The SMILES string of the molecule is CCc1ccc(C(=O)N(C[C@@H]2CNC[C@@H]2CNC2CC2)C(C)C)cc1OCCCOC.CCc1ccc(C(=O)N(C[C@@H]2CNC[C@H]2CN(C(=O)C2CCC(O)CC2)C2CC2)C(C)C)cc1OCCCOC.CCc1ccc(C(=O)N(C[C@@H]2CNC[C@H]2CN(C(=O)C2CCC(O)CC2)C2CC2)C(C)C)cc1OCCCOC.O=C(O)[C@H]1CCCOC1. The largest absolute Gasteiger partial charge is 0.493 e. The van der Waals surface area contributed by atoms with Crippen LogP contribution in [-0.2, 0) is 52.6 Å². The van der Waals surface area contributed by atoms with Crippen LogP contribution in [0.2, 0.25) is 0 Å². The molecule has 7 N–H and O–H groups in total. The smallest absolute Gasteiger partial charge is 0.308 e. The first kappa shape index (κ1) is 97.3. The molecule has 120 heavy (non-hydrogen) atoms. The van der Waals surface area contributed by atoms with Crippen molar-refractivity contribution >= 4 is 35.5 Å². The first-order valence-electron chi connectivity index (χ1n) is 46.3. The Hall–Kier alpha value is -6.52. The van der Waals surface area contributed by atoms with Gasteiger partial charge in [0.25, 0.3) is 17.7 Å². The molecule has 5 aliphatic carbocycles. The van der Waals surface area contributed by atoms with Gasteiger partial charge in [0.1, 0.15) is 17.2 Å². The number of nitrogens with zero attached hydrogens (tertiary/aromatic N) is 5. The first-order chi connectivity index (χ1) is 58.0. The Morgan fingerprint density at radius 1 is 0.433 bits per heavy atom. The molecule has 674 valence electrons. The third kappa shape index (κ3) is 30.1. The predicted molar refractivity (Wildman–Crippen MR) is 469 cm³/mol. The fourth-order valence-electron chi connectivity index (χ4n) is 17.8. The van der Waals surface area contributed by atoms with Gasteiger partial charge in [-0.3, -0.25) is 28.8 Å². The van der Waals surface area contributed by atoms with E-state index in [1.165, 1.54) is 12.8 Å². The number of rotatable bonds is 42. The summed E-state index contributed by atoms with van der Waals surface area (Å²) < 4.78 is 38.5. The van der Waals surface area contributed by atoms with Crippen LogP contribution in [0, 0.1) is 53.3 Å². The Bertz CT molecular complexity index is 3430. The monoisotopic (exact) mass is 1680 g/mol. The van der Waals surface area contributed by atoms with E-state index in [1.54, 1.807) is 21.3 Å². The topological polar surface area (TPSA) is 292 Å². The summed E-state index contributed by atoms with van der Waals surface area (Å²) in [5.74, 6) is 4.48. The molecule has 0 unspecified atom stereocenters. The number of nitrogens with one attached hydrogen (secondary N) is 4. The van der Waals surface area contributed by atoms with Gasteiger partial charge in [-0.1, -0.05) is 39.0 Å². The minimum atomic E-state index is -0.727. The lowest BCUT2D eigenvalue weighted by molar-refractivity contribution is -0.146. The minimum absolute atomic E-state index is 0.0286. The summed E-state index contributed by atoms with van der Waals surface area (Å²) in [6.45, 7) is 33.8. The number of carbonyl (C=O) groups excluding carboxylic acids is 5. The van der Waals surface area contributed by atoms with Gasteiger partial charge in [0.05, 0.1) is 44.6 Å². The molecule has 4 saturated heterocycles. The van der Waals surface area contributed by atoms with Crippen LogP contribution in [0.1, 0.15) is 232 Å². The van der Waals surface area contributed by atoms with Crippen LogP contribution < -0.4 is 35.5 Å². The average Bonchev–Trinajstić information content (AvgIpc) is 1.66. The van der Waals surface area contributed by atoms with E-state index in [-0.39, 0.29) is 89.5 Å². The summed E-state index contributed by atoms with van der Waals surface area (Å²) in [5.41, 5.74) is 5.36. The van der Waals surface area contributed by atoms with Crippen molar-refractivity contribution in [3.63, 3.8) is 0 Å². The van der Waals surface area contributed by atoms with Crippen molar-refractivity contribution in [3.8, 4) is 17.2 Å². The number of aryl methyl sites for hydroxylation is 3. The number of carboxylic acid groups (broad SMARTS) is 1. The van der Waals surface area contributed by atoms with Gasteiger partial charge < -0.3 is 94.2 Å². The Morgan fingerprint density at radius 3 is 1.05 bits per heavy atom. The number of amides is 5. The molecule has 7 atom stereocenters. The fraction of sp³-hybridized carbons (Fsp3) is 0.747. The molecule has 0 radical (unpaired) electrons. The number of carbonyl (C=O) groups is 6. The van der Waals surface area contributed by atoms with Gasteiger partial charge in [0, 0.05) is 197 Å². The number of benzene rings is 3. The summed E-state index contributed by atoms with van der Waals surface area (Å²) in [4.78, 5) is 88.9. The summed E-state index contributed by atoms with van der Waals surface area (Å²) in [5, 5.41) is 42.6. The molecule has 0 aromatic heterocycles. The lowest BCUT2D eigenvalue weighted by Crippen LogP contribution is -2.46. The maximum atomic E-state index is 13.8. The van der Waals surface area contributed by atoms with Crippen molar-refractivity contribution < 1.29 is 77.2 Å². The summed E-state index contributed by atoms with van der Waals surface area (Å²) in [7, 11) is 5.07. The molecule has 9 fully saturated rings. The summed E-state index contributed by atoms with van der Waals surface area (Å²) in [6.07, 6.45) is 19.2. The second-order valence-electron chi connectivity index (χ2n) is 36.2. The summed E-state index contributed by atoms with van der Waals surface area (Å²) in [6, 6.07) is 19.3. The Morgan fingerprint density at radius 2 is 0.767 bits per heavy atom. The number of hydrogen-bond acceptors (Lipinski definition) is 19. The highest BCUT2D eigenvalue weighted by Gasteiger charge is 2.44. The highest BCUT2D eigenvalue weighted by atomic mass is 16.5. The van der Waals surface area contributed by atoms with E-state index in [1.807, 2.05) is 69.3 Å². The van der Waals surface area contributed by atoms with Gasteiger partial charge in [-0.25, -0.2) is 0 Å². The maximum Gasteiger partial charge on any atom is 0.308 e. The highest BCUT2D eigenvalue weighted by molar-refractivity contribution is 5.96. The lowest BCUT2D eigenvalue weighted by Gasteiger charge is -2.35. The average molecular weight is 1680 g/mol. The lowest BCUT2D eigenvalue weighted by atomic mass is 9.86. The van der Waals surface area contributed by atoms with Gasteiger partial charge >= 0.3 is 5.97 Å². The van der Waals surface area contributed by atoms with Crippen molar-refractivity contribution in [2.75, 3.05) is 153 Å². The van der Waals surface area contributed by atoms with E-state index in [2.05, 4.69) is 93.4 Å². The molecule has 4 heterocycles. The quantitative estimate of drug-likeness (QED) is 0.0259. The number of aliphatic hydroxyl groups is 2. The standard InChI is InChI=1S/2C32H51N3O5.C25H41N3O3.C6H10O3/c2*1-5-23-7-8-25(17-30(23)40-16-6-15-39-4)32(38)34(22(2)3)20-26-18-33-19-27(26)21-35(28-11-12-28)31(37)24-9-13-29(36)14-10-24;1-5-19-7-8-20(13-24(19)31-12-6-11-30-4)25(29)28(18(2)3)17-22-15-26-14-21(22)16-27-23-9-10-23;7-6(8)5-2-1-3-9-4-5/h2*7-8,17,22,24,26-29,33,36H,5-6,9-16,18-21H2,1-4H3;7-8,13,18,21-23,26-27H,5-6,9-12,14-17H2,1-4H3;5H,1-4H2,(H,7,8)/t2*24?,26-,27-,29?;21-,22+;5-/m0010/s1. The van der Waals surface area contributed by atoms with Crippen molar-refractivity contribution in [1.82, 2.24) is 45.8 Å². The van der Waals surface area contributed by atoms with Gasteiger partial charge in [-0.15, -0.1) is 0 Å². The molecule has 3 aromatic rings. The van der Waals surface area contributed by atoms with Gasteiger partial charge in [0.15, 0.2) is 0 Å². The molecule has 5 saturated carbocycles. The molecular weight excluding hydrogens is 1520 g/mol. The van der Waals surface area contributed by atoms with Crippen LogP contribution >= 0.6 is 0 Å². The van der Waals surface area contributed by atoms with Crippen LogP contribution in [-0.4, -0.2) is 277 Å². The van der Waals surface area contributed by atoms with Crippen molar-refractivity contribution in [1.29, 1.82) is 0 Å². The second kappa shape index (κ2) is 50.4. The van der Waals surface area contributed by atoms with Crippen LogP contribution in [0.3, 0.4) is 0 Å².